The number of hydrogen-bond acceptors (Lipinski definition) is 3. The third-order valence-electron chi connectivity index (χ3n) is 2.00. The molecule has 3 nitrogen and oxygen atoms in total. The van der Waals surface area contributed by atoms with Crippen molar-refractivity contribution in [2.24, 2.45) is 4.36 Å². The Bertz CT molecular complexity index is 212. The molecule has 1 N–H and O–H groups in total. The van der Waals surface area contributed by atoms with Crippen LogP contribution in [0, 0.1) is 0 Å². The van der Waals surface area contributed by atoms with Gasteiger partial charge in [0, 0.05) is 29.6 Å². The van der Waals surface area contributed by atoms with Crippen molar-refractivity contribution in [3.63, 3.8) is 0 Å². The van der Waals surface area contributed by atoms with E-state index < -0.39 is 9.73 Å². The summed E-state index contributed by atoms with van der Waals surface area (Å²) in [5.41, 5.74) is 0. The minimum Gasteiger partial charge on any atom is -0.315 e. The normalized spacial score (nSPS) is 31.6. The highest BCUT2D eigenvalue weighted by atomic mass is 32.2. The molecule has 0 amide bonds. The molecule has 4 heteroatoms. The molecule has 0 aromatic carbocycles. The summed E-state index contributed by atoms with van der Waals surface area (Å²) in [4.78, 5) is 0. The fourth-order valence-electron chi connectivity index (χ4n) is 1.15. The maximum absolute atomic E-state index is 11.6. The van der Waals surface area contributed by atoms with Gasteiger partial charge >= 0.3 is 0 Å². The second-order valence-electron chi connectivity index (χ2n) is 2.66. The van der Waals surface area contributed by atoms with E-state index in [9.17, 15) is 4.21 Å². The number of nitrogens with zero attached hydrogens (tertiary/aromatic N) is 1. The Kier molecular flexibility index (Phi) is 2.31. The van der Waals surface area contributed by atoms with E-state index in [0.717, 1.165) is 19.5 Å². The van der Waals surface area contributed by atoms with Crippen molar-refractivity contribution < 1.29 is 4.21 Å². The summed E-state index contributed by atoms with van der Waals surface area (Å²) >= 11 is 0. The lowest BCUT2D eigenvalue weighted by atomic mass is 10.4. The Morgan fingerprint density at radius 3 is 2.80 bits per heavy atom. The molecule has 1 heterocycles. The average molecular weight is 162 g/mol. The molecule has 1 aliphatic heterocycles. The van der Waals surface area contributed by atoms with Gasteiger partial charge in [0.15, 0.2) is 0 Å². The Hall–Kier alpha value is -0.0900. The van der Waals surface area contributed by atoms with Gasteiger partial charge in [0.25, 0.3) is 0 Å². The third-order valence-corrected chi connectivity index (χ3v) is 4.36. The first-order valence-corrected chi connectivity index (χ1v) is 5.45. The first-order valence-electron chi connectivity index (χ1n) is 3.46. The zero-order valence-corrected chi connectivity index (χ0v) is 7.28. The molecule has 2 atom stereocenters. The molecule has 0 saturated carbocycles. The second-order valence-corrected chi connectivity index (χ2v) is 5.41. The molecule has 0 aliphatic carbocycles. The first-order chi connectivity index (χ1) is 4.67. The molecule has 1 fully saturated rings. The predicted octanol–water partition coefficient (Wildman–Crippen LogP) is 0.0759. The van der Waals surface area contributed by atoms with E-state index in [4.69, 9.17) is 0 Å². The van der Waals surface area contributed by atoms with Crippen LogP contribution in [0.3, 0.4) is 0 Å². The molecular formula is C6H14N2OS. The van der Waals surface area contributed by atoms with Crippen LogP contribution in [-0.2, 0) is 9.73 Å². The van der Waals surface area contributed by atoms with E-state index in [1.807, 2.05) is 0 Å². The summed E-state index contributed by atoms with van der Waals surface area (Å²) in [7, 11) is -0.246. The standard InChI is InChI=1S/C6H14N2OS/c1-7-10(2,9)6-3-4-8-5-6/h6,8H,3-5H2,1-2H3. The van der Waals surface area contributed by atoms with Crippen molar-refractivity contribution in [2.45, 2.75) is 11.7 Å². The summed E-state index contributed by atoms with van der Waals surface area (Å²) < 4.78 is 15.4. The molecule has 2 unspecified atom stereocenters. The second kappa shape index (κ2) is 2.88. The van der Waals surface area contributed by atoms with Gasteiger partial charge < -0.3 is 5.32 Å². The zero-order chi connectivity index (χ0) is 7.61. The number of rotatable bonds is 1. The van der Waals surface area contributed by atoms with Crippen molar-refractivity contribution in [1.82, 2.24) is 5.32 Å². The quantitative estimate of drug-likeness (QED) is 0.593. The SMILES string of the molecule is CN=S(C)(=O)C1CCNC1. The van der Waals surface area contributed by atoms with Crippen LogP contribution in [0.2, 0.25) is 0 Å². The van der Waals surface area contributed by atoms with E-state index in [1.54, 1.807) is 13.3 Å². The van der Waals surface area contributed by atoms with Crippen LogP contribution in [-0.4, -0.2) is 35.9 Å². The van der Waals surface area contributed by atoms with Crippen LogP contribution >= 0.6 is 0 Å². The van der Waals surface area contributed by atoms with Crippen LogP contribution in [0.25, 0.3) is 0 Å². The Morgan fingerprint density at radius 2 is 2.40 bits per heavy atom. The van der Waals surface area contributed by atoms with Crippen molar-refractivity contribution >= 4 is 9.73 Å². The minimum absolute atomic E-state index is 0.275. The maximum Gasteiger partial charge on any atom is 0.0564 e. The highest BCUT2D eigenvalue weighted by Crippen LogP contribution is 2.09. The summed E-state index contributed by atoms with van der Waals surface area (Å²) in [6, 6.07) is 0. The molecule has 0 aromatic heterocycles. The molecule has 0 spiro atoms. The summed E-state index contributed by atoms with van der Waals surface area (Å²) in [6.07, 6.45) is 2.75. The molecule has 0 radical (unpaired) electrons. The zero-order valence-electron chi connectivity index (χ0n) is 6.46. The molecule has 0 bridgehead atoms. The van der Waals surface area contributed by atoms with Gasteiger partial charge in [0.2, 0.25) is 0 Å². The van der Waals surface area contributed by atoms with Crippen molar-refractivity contribution in [3.05, 3.63) is 0 Å². The van der Waals surface area contributed by atoms with Gasteiger partial charge in [-0.2, -0.15) is 0 Å². The lowest BCUT2D eigenvalue weighted by molar-refractivity contribution is 0.669. The summed E-state index contributed by atoms with van der Waals surface area (Å²) in [6.45, 7) is 1.86. The predicted molar refractivity (Wildman–Crippen MR) is 43.7 cm³/mol. The largest absolute Gasteiger partial charge is 0.315 e. The van der Waals surface area contributed by atoms with Gasteiger partial charge in [-0.1, -0.05) is 0 Å². The smallest absolute Gasteiger partial charge is 0.0564 e. The van der Waals surface area contributed by atoms with Crippen LogP contribution < -0.4 is 5.32 Å². The van der Waals surface area contributed by atoms with Gasteiger partial charge in [0.05, 0.1) is 5.25 Å². The minimum atomic E-state index is -1.89. The maximum atomic E-state index is 11.6. The van der Waals surface area contributed by atoms with Gasteiger partial charge in [-0.15, -0.1) is 0 Å². The molecule has 60 valence electrons. The Morgan fingerprint density at radius 1 is 1.70 bits per heavy atom. The molecule has 0 aromatic rings. The topological polar surface area (TPSA) is 41.5 Å². The fourth-order valence-corrected chi connectivity index (χ4v) is 2.43. The monoisotopic (exact) mass is 162 g/mol. The average Bonchev–Trinajstić information content (AvgIpc) is 2.38. The van der Waals surface area contributed by atoms with Gasteiger partial charge in [-0.25, -0.2) is 8.57 Å². The molecule has 10 heavy (non-hydrogen) atoms. The van der Waals surface area contributed by atoms with Gasteiger partial charge in [0.1, 0.15) is 0 Å². The van der Waals surface area contributed by atoms with Crippen LogP contribution in [0.5, 0.6) is 0 Å². The summed E-state index contributed by atoms with van der Waals surface area (Å²) in [5, 5.41) is 3.45. The lowest BCUT2D eigenvalue weighted by Crippen LogP contribution is -2.22. The molecular weight excluding hydrogens is 148 g/mol. The van der Waals surface area contributed by atoms with Crippen molar-refractivity contribution in [3.8, 4) is 0 Å². The highest BCUT2D eigenvalue weighted by Gasteiger charge is 2.21. The fraction of sp³-hybridized carbons (Fsp3) is 1.00. The van der Waals surface area contributed by atoms with Crippen LogP contribution in [0.1, 0.15) is 6.42 Å². The molecule has 1 saturated heterocycles. The van der Waals surface area contributed by atoms with Gasteiger partial charge in [-0.05, 0) is 13.0 Å². The molecule has 1 aliphatic rings. The number of hydrogen-bond donors (Lipinski definition) is 1. The summed E-state index contributed by atoms with van der Waals surface area (Å²) in [5.74, 6) is 0. The molecule has 1 rings (SSSR count). The van der Waals surface area contributed by atoms with E-state index in [2.05, 4.69) is 9.68 Å². The van der Waals surface area contributed by atoms with E-state index >= 15 is 0 Å². The first kappa shape index (κ1) is 8.01. The van der Waals surface area contributed by atoms with Crippen LogP contribution in [0.15, 0.2) is 4.36 Å². The van der Waals surface area contributed by atoms with E-state index in [0.29, 0.717) is 0 Å². The van der Waals surface area contributed by atoms with Gasteiger partial charge in [-0.3, -0.25) is 0 Å². The lowest BCUT2D eigenvalue weighted by Gasteiger charge is -2.08. The van der Waals surface area contributed by atoms with E-state index in [1.165, 1.54) is 0 Å². The van der Waals surface area contributed by atoms with E-state index in [-0.39, 0.29) is 5.25 Å². The van der Waals surface area contributed by atoms with Crippen molar-refractivity contribution in [2.75, 3.05) is 26.4 Å². The third kappa shape index (κ3) is 1.49. The van der Waals surface area contributed by atoms with Crippen LogP contribution in [0.4, 0.5) is 0 Å². The van der Waals surface area contributed by atoms with Crippen molar-refractivity contribution in [1.29, 1.82) is 0 Å². The Balaban J connectivity index is 2.73. The number of nitrogens with one attached hydrogen (secondary N) is 1. The highest BCUT2D eigenvalue weighted by molar-refractivity contribution is 7.93. The Labute approximate surface area is 62.4 Å².